The van der Waals surface area contributed by atoms with Crippen molar-refractivity contribution in [1.29, 1.82) is 0 Å². The first-order chi connectivity index (χ1) is 12.9. The Balaban J connectivity index is 1.79. The van der Waals surface area contributed by atoms with Crippen LogP contribution in [0.15, 0.2) is 36.4 Å². The molecule has 1 aliphatic heterocycles. The SMILES string of the molecule is CCCCNC(=O)C(C)(C)C(=O)N1CCN(C/C=C/c2ccccc2)CC1. The van der Waals surface area contributed by atoms with Gasteiger partial charge in [-0.25, -0.2) is 0 Å². The highest BCUT2D eigenvalue weighted by atomic mass is 16.2. The lowest BCUT2D eigenvalue weighted by Gasteiger charge is -2.37. The van der Waals surface area contributed by atoms with Gasteiger partial charge in [0.15, 0.2) is 0 Å². The minimum Gasteiger partial charge on any atom is -0.355 e. The van der Waals surface area contributed by atoms with Crippen molar-refractivity contribution in [2.45, 2.75) is 33.6 Å². The van der Waals surface area contributed by atoms with Crippen molar-refractivity contribution >= 4 is 17.9 Å². The maximum atomic E-state index is 12.8. The molecule has 5 nitrogen and oxygen atoms in total. The number of carbonyl (C=O) groups excluding carboxylic acids is 2. The van der Waals surface area contributed by atoms with Gasteiger partial charge in [0, 0.05) is 39.3 Å². The summed E-state index contributed by atoms with van der Waals surface area (Å²) in [5, 5.41) is 2.89. The molecule has 0 radical (unpaired) electrons. The second-order valence-corrected chi connectivity index (χ2v) is 7.64. The van der Waals surface area contributed by atoms with E-state index in [4.69, 9.17) is 0 Å². The molecule has 0 saturated carbocycles. The third-order valence-corrected chi connectivity index (χ3v) is 5.05. The molecule has 27 heavy (non-hydrogen) atoms. The fraction of sp³-hybridized carbons (Fsp3) is 0.545. The van der Waals surface area contributed by atoms with Crippen molar-refractivity contribution in [2.75, 3.05) is 39.3 Å². The van der Waals surface area contributed by atoms with Gasteiger partial charge < -0.3 is 10.2 Å². The summed E-state index contributed by atoms with van der Waals surface area (Å²) in [6, 6.07) is 10.2. The van der Waals surface area contributed by atoms with Gasteiger partial charge in [0.2, 0.25) is 11.8 Å². The van der Waals surface area contributed by atoms with Crippen LogP contribution in [0.4, 0.5) is 0 Å². The van der Waals surface area contributed by atoms with E-state index in [1.54, 1.807) is 13.8 Å². The summed E-state index contributed by atoms with van der Waals surface area (Å²) < 4.78 is 0. The van der Waals surface area contributed by atoms with Gasteiger partial charge in [-0.15, -0.1) is 0 Å². The molecule has 2 amide bonds. The van der Waals surface area contributed by atoms with Crippen molar-refractivity contribution in [2.24, 2.45) is 5.41 Å². The van der Waals surface area contributed by atoms with Crippen LogP contribution in [0.5, 0.6) is 0 Å². The second-order valence-electron chi connectivity index (χ2n) is 7.64. The van der Waals surface area contributed by atoms with Crippen LogP contribution in [-0.4, -0.2) is 60.9 Å². The Hall–Kier alpha value is -2.14. The van der Waals surface area contributed by atoms with E-state index in [0.717, 1.165) is 32.5 Å². The quantitative estimate of drug-likeness (QED) is 0.565. The predicted molar refractivity (Wildman–Crippen MR) is 110 cm³/mol. The number of piperazine rings is 1. The maximum absolute atomic E-state index is 12.8. The Bertz CT molecular complexity index is 632. The monoisotopic (exact) mass is 371 g/mol. The molecule has 148 valence electrons. The van der Waals surface area contributed by atoms with Crippen LogP contribution >= 0.6 is 0 Å². The number of rotatable bonds is 8. The molecule has 0 spiro atoms. The zero-order valence-electron chi connectivity index (χ0n) is 16.9. The second kappa shape index (κ2) is 10.3. The molecule has 0 atom stereocenters. The summed E-state index contributed by atoms with van der Waals surface area (Å²) in [6.45, 7) is 10.0. The Morgan fingerprint density at radius 3 is 2.41 bits per heavy atom. The molecule has 0 bridgehead atoms. The lowest BCUT2D eigenvalue weighted by atomic mass is 9.90. The van der Waals surface area contributed by atoms with E-state index in [0.29, 0.717) is 19.6 Å². The van der Waals surface area contributed by atoms with E-state index in [-0.39, 0.29) is 11.8 Å². The molecule has 2 rings (SSSR count). The number of nitrogens with one attached hydrogen (secondary N) is 1. The van der Waals surface area contributed by atoms with Crippen LogP contribution in [0, 0.1) is 5.41 Å². The first-order valence-corrected chi connectivity index (χ1v) is 9.96. The standard InChI is InChI=1S/C22H33N3O2/c1-4-5-13-23-20(26)22(2,3)21(27)25-17-15-24(16-18-25)14-9-12-19-10-7-6-8-11-19/h6-12H,4-5,13-18H2,1-3H3,(H,23,26)/b12-9+. The number of carbonyl (C=O) groups is 2. The molecule has 1 fully saturated rings. The molecule has 5 heteroatoms. The molecule has 1 aliphatic rings. The van der Waals surface area contributed by atoms with Gasteiger partial charge in [0.25, 0.3) is 0 Å². The average molecular weight is 372 g/mol. The normalized spacial score (nSPS) is 15.9. The van der Waals surface area contributed by atoms with Crippen molar-refractivity contribution in [3.05, 3.63) is 42.0 Å². The van der Waals surface area contributed by atoms with Gasteiger partial charge in [0.1, 0.15) is 5.41 Å². The van der Waals surface area contributed by atoms with Gasteiger partial charge in [-0.05, 0) is 25.8 Å². The van der Waals surface area contributed by atoms with Crippen LogP contribution in [-0.2, 0) is 9.59 Å². The van der Waals surface area contributed by atoms with E-state index >= 15 is 0 Å². The van der Waals surface area contributed by atoms with E-state index in [2.05, 4.69) is 41.4 Å². The molecule has 1 aromatic rings. The smallest absolute Gasteiger partial charge is 0.237 e. The number of hydrogen-bond acceptors (Lipinski definition) is 3. The van der Waals surface area contributed by atoms with Crippen LogP contribution in [0.3, 0.4) is 0 Å². The van der Waals surface area contributed by atoms with Crippen LogP contribution in [0.1, 0.15) is 39.2 Å². The van der Waals surface area contributed by atoms with E-state index in [9.17, 15) is 9.59 Å². The Morgan fingerprint density at radius 2 is 1.78 bits per heavy atom. The Morgan fingerprint density at radius 1 is 1.11 bits per heavy atom. The van der Waals surface area contributed by atoms with Crippen molar-refractivity contribution in [3.8, 4) is 0 Å². The number of benzene rings is 1. The minimum atomic E-state index is -1.01. The number of nitrogens with zero attached hydrogens (tertiary/aromatic N) is 2. The lowest BCUT2D eigenvalue weighted by Crippen LogP contribution is -2.55. The fourth-order valence-corrected chi connectivity index (χ4v) is 3.13. The minimum absolute atomic E-state index is 0.0732. The highest BCUT2D eigenvalue weighted by molar-refractivity contribution is 6.04. The molecular formula is C22H33N3O2. The highest BCUT2D eigenvalue weighted by Crippen LogP contribution is 2.20. The third-order valence-electron chi connectivity index (χ3n) is 5.05. The van der Waals surface area contributed by atoms with E-state index in [1.807, 2.05) is 23.1 Å². The summed E-state index contributed by atoms with van der Waals surface area (Å²) >= 11 is 0. The maximum Gasteiger partial charge on any atom is 0.237 e. The third kappa shape index (κ3) is 6.21. The summed E-state index contributed by atoms with van der Waals surface area (Å²) in [4.78, 5) is 29.4. The first kappa shape index (κ1) is 21.2. The zero-order valence-corrected chi connectivity index (χ0v) is 16.9. The summed E-state index contributed by atoms with van der Waals surface area (Å²) in [6.07, 6.45) is 6.25. The molecule has 0 aromatic heterocycles. The zero-order chi connectivity index (χ0) is 19.7. The van der Waals surface area contributed by atoms with Crippen molar-refractivity contribution in [1.82, 2.24) is 15.1 Å². The molecule has 0 unspecified atom stereocenters. The average Bonchev–Trinajstić information content (AvgIpc) is 2.69. The van der Waals surface area contributed by atoms with Crippen LogP contribution in [0.25, 0.3) is 6.08 Å². The van der Waals surface area contributed by atoms with Crippen molar-refractivity contribution in [3.63, 3.8) is 0 Å². The highest BCUT2D eigenvalue weighted by Gasteiger charge is 2.39. The topological polar surface area (TPSA) is 52.7 Å². The van der Waals surface area contributed by atoms with Gasteiger partial charge in [-0.3, -0.25) is 14.5 Å². The predicted octanol–water partition coefficient (Wildman–Crippen LogP) is 2.79. The van der Waals surface area contributed by atoms with E-state index < -0.39 is 5.41 Å². The van der Waals surface area contributed by atoms with Gasteiger partial charge in [-0.2, -0.15) is 0 Å². The number of hydrogen-bond donors (Lipinski definition) is 1. The fourth-order valence-electron chi connectivity index (χ4n) is 3.13. The van der Waals surface area contributed by atoms with Crippen molar-refractivity contribution < 1.29 is 9.59 Å². The molecule has 1 saturated heterocycles. The molecule has 1 aromatic carbocycles. The van der Waals surface area contributed by atoms with Gasteiger partial charge in [-0.1, -0.05) is 55.8 Å². The summed E-state index contributed by atoms with van der Waals surface area (Å²) in [5.41, 5.74) is 0.186. The van der Waals surface area contributed by atoms with E-state index in [1.165, 1.54) is 5.56 Å². The Labute approximate surface area is 163 Å². The lowest BCUT2D eigenvalue weighted by molar-refractivity contribution is -0.149. The van der Waals surface area contributed by atoms with Gasteiger partial charge in [0.05, 0.1) is 0 Å². The molecule has 0 aliphatic carbocycles. The number of unbranched alkanes of at least 4 members (excludes halogenated alkanes) is 1. The first-order valence-electron chi connectivity index (χ1n) is 9.96. The number of amides is 2. The van der Waals surface area contributed by atoms with Gasteiger partial charge >= 0.3 is 0 Å². The van der Waals surface area contributed by atoms with Crippen LogP contribution in [0.2, 0.25) is 0 Å². The summed E-state index contributed by atoms with van der Waals surface area (Å²) in [7, 11) is 0. The largest absolute Gasteiger partial charge is 0.355 e. The molecular weight excluding hydrogens is 338 g/mol. The molecule has 1 heterocycles. The summed E-state index contributed by atoms with van der Waals surface area (Å²) in [5.74, 6) is -0.245. The Kier molecular flexibility index (Phi) is 8.04. The van der Waals surface area contributed by atoms with Crippen LogP contribution < -0.4 is 5.32 Å². The molecule has 1 N–H and O–H groups in total.